The molecule has 1 saturated heterocycles. The van der Waals surface area contributed by atoms with E-state index in [0.29, 0.717) is 6.54 Å². The molecule has 2 heterocycles. The van der Waals surface area contributed by atoms with E-state index in [0.717, 1.165) is 32.2 Å². The number of aromatic nitrogens is 1. The van der Waals surface area contributed by atoms with Crippen molar-refractivity contribution in [2.45, 2.75) is 50.0 Å². The third-order valence-electron chi connectivity index (χ3n) is 4.80. The van der Waals surface area contributed by atoms with Gasteiger partial charge in [-0.1, -0.05) is 6.07 Å². The van der Waals surface area contributed by atoms with Crippen LogP contribution in [0.25, 0.3) is 0 Å². The highest BCUT2D eigenvalue weighted by Gasteiger charge is 2.36. The Morgan fingerprint density at radius 2 is 2.15 bits per heavy atom. The average molecular weight is 373 g/mol. The predicted molar refractivity (Wildman–Crippen MR) is 86.9 cm³/mol. The highest BCUT2D eigenvalue weighted by atomic mass is 19.4. The van der Waals surface area contributed by atoms with E-state index < -0.39 is 18.7 Å². The van der Waals surface area contributed by atoms with Crippen molar-refractivity contribution >= 4 is 5.91 Å². The van der Waals surface area contributed by atoms with Crippen LogP contribution in [-0.2, 0) is 0 Å². The molecule has 2 aliphatic rings. The topological polar surface area (TPSA) is 74.7 Å². The lowest BCUT2D eigenvalue weighted by molar-refractivity contribution is -0.154. The Morgan fingerprint density at radius 1 is 1.35 bits per heavy atom. The van der Waals surface area contributed by atoms with Gasteiger partial charge in [0, 0.05) is 31.2 Å². The van der Waals surface area contributed by atoms with Crippen molar-refractivity contribution < 1.29 is 27.8 Å². The van der Waals surface area contributed by atoms with Gasteiger partial charge in [0.25, 0.3) is 5.91 Å². The zero-order valence-electron chi connectivity index (χ0n) is 14.2. The molecule has 2 N–H and O–H groups in total. The predicted octanol–water partition coefficient (Wildman–Crippen LogP) is 1.74. The average Bonchev–Trinajstić information content (AvgIpc) is 3.21. The van der Waals surface area contributed by atoms with Crippen LogP contribution in [0.5, 0.6) is 5.88 Å². The van der Waals surface area contributed by atoms with Crippen LogP contribution in [0.2, 0.25) is 0 Å². The smallest absolute Gasteiger partial charge is 0.422 e. The summed E-state index contributed by atoms with van der Waals surface area (Å²) >= 11 is 0. The molecule has 144 valence electrons. The second-order valence-corrected chi connectivity index (χ2v) is 6.78. The summed E-state index contributed by atoms with van der Waals surface area (Å²) in [6.45, 7) is -0.0413. The minimum absolute atomic E-state index is 0.0248. The van der Waals surface area contributed by atoms with Crippen LogP contribution < -0.4 is 10.1 Å². The van der Waals surface area contributed by atoms with Gasteiger partial charge in [0.05, 0.1) is 6.10 Å². The number of pyridine rings is 1. The van der Waals surface area contributed by atoms with Crippen LogP contribution >= 0.6 is 0 Å². The Kier molecular flexibility index (Phi) is 5.67. The van der Waals surface area contributed by atoms with Crippen molar-refractivity contribution in [2.24, 2.45) is 0 Å². The molecule has 1 amide bonds. The van der Waals surface area contributed by atoms with Gasteiger partial charge in [-0.15, -0.1) is 0 Å². The maximum atomic E-state index is 12.5. The highest BCUT2D eigenvalue weighted by molar-refractivity contribution is 5.92. The first-order valence-corrected chi connectivity index (χ1v) is 8.71. The van der Waals surface area contributed by atoms with E-state index in [1.54, 1.807) is 0 Å². The maximum absolute atomic E-state index is 12.5. The van der Waals surface area contributed by atoms with Gasteiger partial charge in [-0.2, -0.15) is 13.2 Å². The number of hydrogen-bond donors (Lipinski definition) is 2. The summed E-state index contributed by atoms with van der Waals surface area (Å²) < 4.78 is 41.3. The van der Waals surface area contributed by atoms with E-state index in [1.807, 2.05) is 0 Å². The summed E-state index contributed by atoms with van der Waals surface area (Å²) in [5, 5.41) is 12.6. The number of nitrogens with one attached hydrogen (secondary N) is 1. The van der Waals surface area contributed by atoms with E-state index in [-0.39, 0.29) is 29.8 Å². The fourth-order valence-electron chi connectivity index (χ4n) is 3.63. The highest BCUT2D eigenvalue weighted by Crippen LogP contribution is 2.27. The molecule has 0 bridgehead atoms. The third kappa shape index (κ3) is 4.85. The number of halogens is 3. The normalized spacial score (nSPS) is 26.8. The van der Waals surface area contributed by atoms with E-state index in [1.165, 1.54) is 18.2 Å². The number of rotatable bonds is 5. The number of nitrogens with zero attached hydrogens (tertiary/aromatic N) is 2. The van der Waals surface area contributed by atoms with Gasteiger partial charge in [0.2, 0.25) is 5.88 Å². The quantitative estimate of drug-likeness (QED) is 0.823. The largest absolute Gasteiger partial charge is 0.468 e. The van der Waals surface area contributed by atoms with Gasteiger partial charge in [-0.25, -0.2) is 4.98 Å². The van der Waals surface area contributed by atoms with E-state index in [9.17, 15) is 23.1 Å². The molecular formula is C17H22F3N3O3. The first-order chi connectivity index (χ1) is 12.3. The van der Waals surface area contributed by atoms with Crippen LogP contribution in [0.1, 0.15) is 36.2 Å². The zero-order valence-corrected chi connectivity index (χ0v) is 14.2. The lowest BCUT2D eigenvalue weighted by atomic mass is 10.1. The fourth-order valence-corrected chi connectivity index (χ4v) is 3.63. The van der Waals surface area contributed by atoms with Crippen molar-refractivity contribution in [1.82, 2.24) is 15.2 Å². The Balaban J connectivity index is 1.60. The first-order valence-electron chi connectivity index (χ1n) is 8.71. The van der Waals surface area contributed by atoms with Gasteiger partial charge in [0.15, 0.2) is 6.61 Å². The molecule has 1 saturated carbocycles. The molecule has 0 aromatic carbocycles. The third-order valence-corrected chi connectivity index (χ3v) is 4.80. The fraction of sp³-hybridized carbons (Fsp3) is 0.647. The van der Waals surface area contributed by atoms with Crippen LogP contribution in [0.15, 0.2) is 18.2 Å². The summed E-state index contributed by atoms with van der Waals surface area (Å²) in [5.41, 5.74) is 0.0248. The lowest BCUT2D eigenvalue weighted by Gasteiger charge is -2.29. The Morgan fingerprint density at radius 3 is 2.85 bits per heavy atom. The van der Waals surface area contributed by atoms with Crippen LogP contribution in [0.4, 0.5) is 13.2 Å². The molecule has 0 radical (unpaired) electrons. The summed E-state index contributed by atoms with van der Waals surface area (Å²) in [6, 6.07) is 4.28. The zero-order chi connectivity index (χ0) is 18.7. The molecule has 1 aromatic heterocycles. The molecule has 1 unspecified atom stereocenters. The lowest BCUT2D eigenvalue weighted by Crippen LogP contribution is -2.48. The van der Waals surface area contributed by atoms with Crippen molar-refractivity contribution in [3.63, 3.8) is 0 Å². The number of hydrogen-bond acceptors (Lipinski definition) is 5. The van der Waals surface area contributed by atoms with Crippen molar-refractivity contribution in [3.8, 4) is 5.88 Å². The van der Waals surface area contributed by atoms with Gasteiger partial charge in [-0.3, -0.25) is 9.69 Å². The van der Waals surface area contributed by atoms with Crippen LogP contribution in [0, 0.1) is 0 Å². The van der Waals surface area contributed by atoms with E-state index in [2.05, 4.69) is 19.9 Å². The van der Waals surface area contributed by atoms with Gasteiger partial charge in [0.1, 0.15) is 5.69 Å². The summed E-state index contributed by atoms with van der Waals surface area (Å²) in [4.78, 5) is 18.5. The molecule has 2 fully saturated rings. The van der Waals surface area contributed by atoms with E-state index in [4.69, 9.17) is 0 Å². The number of carbonyl (C=O) groups excluding carboxylic acids is 1. The Bertz CT molecular complexity index is 641. The number of aliphatic hydroxyl groups is 1. The molecule has 1 aliphatic heterocycles. The van der Waals surface area contributed by atoms with Crippen molar-refractivity contribution in [2.75, 3.05) is 19.7 Å². The van der Waals surface area contributed by atoms with E-state index >= 15 is 0 Å². The monoisotopic (exact) mass is 373 g/mol. The Labute approximate surface area is 149 Å². The summed E-state index contributed by atoms with van der Waals surface area (Å²) in [7, 11) is 0. The first kappa shape index (κ1) is 18.9. The summed E-state index contributed by atoms with van der Waals surface area (Å²) in [6.07, 6.45) is -1.30. The number of aliphatic hydroxyl groups excluding tert-OH is 1. The molecule has 9 heteroatoms. The Hall–Kier alpha value is -1.87. The molecule has 1 aliphatic carbocycles. The van der Waals surface area contributed by atoms with Gasteiger partial charge >= 0.3 is 6.18 Å². The number of β-amino-alcohol motifs (C(OH)–C–C–N with tert-alkyl or cyclic N) is 1. The number of alkyl halides is 3. The minimum Gasteiger partial charge on any atom is -0.468 e. The standard InChI is InChI=1S/C17H22F3N3O3/c18-17(19,20)10-26-15-6-2-4-13(21-15)16(25)22-12-3-1-5-14(12)23-8-7-11(24)9-23/h2,4,6,11-12,14,24H,1,3,5,7-10H2,(H,22,25)/t11?,12-,14+/m0/s1. The molecular weight excluding hydrogens is 351 g/mol. The number of carbonyl (C=O) groups is 1. The molecule has 1 aromatic rings. The van der Waals surface area contributed by atoms with Crippen LogP contribution in [-0.4, -0.2) is 65.0 Å². The van der Waals surface area contributed by atoms with Crippen molar-refractivity contribution in [3.05, 3.63) is 23.9 Å². The molecule has 0 spiro atoms. The van der Waals surface area contributed by atoms with Crippen molar-refractivity contribution in [1.29, 1.82) is 0 Å². The second-order valence-electron chi connectivity index (χ2n) is 6.78. The molecule has 3 rings (SSSR count). The number of ether oxygens (including phenoxy) is 1. The van der Waals surface area contributed by atoms with Crippen LogP contribution in [0.3, 0.4) is 0 Å². The van der Waals surface area contributed by atoms with Gasteiger partial charge < -0.3 is 15.2 Å². The number of amides is 1. The number of likely N-dealkylation sites (tertiary alicyclic amines) is 1. The minimum atomic E-state index is -4.46. The van der Waals surface area contributed by atoms with Gasteiger partial charge in [-0.05, 0) is 31.7 Å². The molecule has 26 heavy (non-hydrogen) atoms. The second kappa shape index (κ2) is 7.79. The SMILES string of the molecule is O=C(N[C@H]1CCC[C@H]1N1CCC(O)C1)c1cccc(OCC(F)(F)F)n1. The maximum Gasteiger partial charge on any atom is 0.422 e. The summed E-state index contributed by atoms with van der Waals surface area (Å²) in [5.74, 6) is -0.667. The molecule has 6 nitrogen and oxygen atoms in total. The molecule has 3 atom stereocenters.